The van der Waals surface area contributed by atoms with Gasteiger partial charge < -0.3 is 9.47 Å². The molecule has 0 saturated heterocycles. The average molecular weight is 240 g/mol. The van der Waals surface area contributed by atoms with Crippen molar-refractivity contribution in [1.82, 2.24) is 0 Å². The third-order valence-electron chi connectivity index (χ3n) is 4.42. The number of ether oxygens (including phenoxy) is 2. The Morgan fingerprint density at radius 1 is 1.29 bits per heavy atom. The van der Waals surface area contributed by atoms with Crippen molar-refractivity contribution in [2.75, 3.05) is 13.7 Å². The first-order valence-corrected chi connectivity index (χ1v) is 6.40. The Bertz CT molecular complexity index is 325. The number of carbonyl (C=O) groups excluding carboxylic acids is 2. The second kappa shape index (κ2) is 4.67. The smallest absolute Gasteiger partial charge is 0.312 e. The minimum absolute atomic E-state index is 0.100. The van der Waals surface area contributed by atoms with E-state index in [4.69, 9.17) is 9.47 Å². The lowest BCUT2D eigenvalue weighted by Gasteiger charge is -2.27. The van der Waals surface area contributed by atoms with Gasteiger partial charge in [-0.3, -0.25) is 9.59 Å². The van der Waals surface area contributed by atoms with E-state index in [1.807, 2.05) is 6.92 Å². The topological polar surface area (TPSA) is 52.6 Å². The Morgan fingerprint density at radius 3 is 2.71 bits per heavy atom. The molecule has 0 aromatic rings. The van der Waals surface area contributed by atoms with E-state index in [0.29, 0.717) is 6.61 Å². The van der Waals surface area contributed by atoms with Crippen molar-refractivity contribution in [1.29, 1.82) is 0 Å². The number of carbonyl (C=O) groups is 2. The number of methoxy groups -OCH3 is 1. The molecule has 0 aliphatic heterocycles. The Morgan fingerprint density at radius 2 is 2.06 bits per heavy atom. The zero-order valence-corrected chi connectivity index (χ0v) is 10.5. The molecule has 2 aliphatic carbocycles. The van der Waals surface area contributed by atoms with Crippen LogP contribution in [0.2, 0.25) is 0 Å². The van der Waals surface area contributed by atoms with Crippen LogP contribution in [-0.2, 0) is 19.1 Å². The molecule has 0 unspecified atom stereocenters. The maximum atomic E-state index is 12.0. The molecule has 0 aromatic heterocycles. The highest BCUT2D eigenvalue weighted by atomic mass is 16.5. The van der Waals surface area contributed by atoms with Gasteiger partial charge in [-0.05, 0) is 38.5 Å². The van der Waals surface area contributed by atoms with E-state index in [0.717, 1.165) is 32.1 Å². The van der Waals surface area contributed by atoms with Gasteiger partial charge >= 0.3 is 11.9 Å². The van der Waals surface area contributed by atoms with Crippen molar-refractivity contribution in [2.45, 2.75) is 39.0 Å². The van der Waals surface area contributed by atoms with Crippen molar-refractivity contribution in [3.8, 4) is 0 Å². The van der Waals surface area contributed by atoms with Crippen molar-refractivity contribution in [3.05, 3.63) is 0 Å². The van der Waals surface area contributed by atoms with Crippen LogP contribution in [0.5, 0.6) is 0 Å². The molecule has 0 radical (unpaired) electrons. The number of hydrogen-bond donors (Lipinski definition) is 0. The largest absolute Gasteiger partial charge is 0.469 e. The second-order valence-electron chi connectivity index (χ2n) is 5.04. The maximum Gasteiger partial charge on any atom is 0.312 e. The molecule has 4 nitrogen and oxygen atoms in total. The SMILES string of the molecule is CCOC(=O)[C@@H]1CC[C@@]2(C(=O)OC)CCC[C@@H]12. The van der Waals surface area contributed by atoms with Crippen LogP contribution in [0.3, 0.4) is 0 Å². The summed E-state index contributed by atoms with van der Waals surface area (Å²) in [5.41, 5.74) is -0.397. The van der Waals surface area contributed by atoms with Gasteiger partial charge in [0.15, 0.2) is 0 Å². The van der Waals surface area contributed by atoms with Crippen LogP contribution in [0, 0.1) is 17.3 Å². The van der Waals surface area contributed by atoms with E-state index in [1.165, 1.54) is 7.11 Å². The summed E-state index contributed by atoms with van der Waals surface area (Å²) >= 11 is 0. The highest BCUT2D eigenvalue weighted by molar-refractivity contribution is 5.81. The van der Waals surface area contributed by atoms with Gasteiger partial charge in [0.05, 0.1) is 25.0 Å². The maximum absolute atomic E-state index is 12.0. The summed E-state index contributed by atoms with van der Waals surface area (Å²) in [6.45, 7) is 2.22. The Balaban J connectivity index is 2.16. The first-order chi connectivity index (χ1) is 8.15. The molecule has 17 heavy (non-hydrogen) atoms. The number of esters is 2. The van der Waals surface area contributed by atoms with Gasteiger partial charge in [-0.15, -0.1) is 0 Å². The molecule has 0 spiro atoms. The fourth-order valence-electron chi connectivity index (χ4n) is 3.70. The molecular weight excluding hydrogens is 220 g/mol. The van der Waals surface area contributed by atoms with Crippen LogP contribution >= 0.6 is 0 Å². The minimum atomic E-state index is -0.397. The molecule has 2 rings (SSSR count). The predicted molar refractivity (Wildman–Crippen MR) is 61.1 cm³/mol. The van der Waals surface area contributed by atoms with Crippen LogP contribution in [-0.4, -0.2) is 25.7 Å². The van der Waals surface area contributed by atoms with Crippen LogP contribution in [0.1, 0.15) is 39.0 Å². The normalized spacial score (nSPS) is 35.4. The van der Waals surface area contributed by atoms with Crippen LogP contribution in [0.15, 0.2) is 0 Å². The summed E-state index contributed by atoms with van der Waals surface area (Å²) in [6, 6.07) is 0. The zero-order chi connectivity index (χ0) is 12.5. The first-order valence-electron chi connectivity index (χ1n) is 6.40. The van der Waals surface area contributed by atoms with E-state index in [2.05, 4.69) is 0 Å². The summed E-state index contributed by atoms with van der Waals surface area (Å²) in [5.74, 6) is -0.234. The van der Waals surface area contributed by atoms with Crippen LogP contribution < -0.4 is 0 Å². The summed E-state index contributed by atoms with van der Waals surface area (Å²) in [7, 11) is 1.43. The van der Waals surface area contributed by atoms with Gasteiger partial charge in [-0.25, -0.2) is 0 Å². The fourth-order valence-corrected chi connectivity index (χ4v) is 3.70. The predicted octanol–water partition coefficient (Wildman–Crippen LogP) is 1.92. The van der Waals surface area contributed by atoms with E-state index in [-0.39, 0.29) is 23.8 Å². The molecule has 0 heterocycles. The Hall–Kier alpha value is -1.06. The molecule has 4 heteroatoms. The summed E-state index contributed by atoms with van der Waals surface area (Å²) in [4.78, 5) is 23.8. The highest BCUT2D eigenvalue weighted by Gasteiger charge is 2.58. The lowest BCUT2D eigenvalue weighted by atomic mass is 9.78. The molecule has 2 saturated carbocycles. The molecule has 0 aromatic carbocycles. The van der Waals surface area contributed by atoms with Gasteiger partial charge in [0.1, 0.15) is 0 Å². The number of rotatable bonds is 3. The minimum Gasteiger partial charge on any atom is -0.469 e. The van der Waals surface area contributed by atoms with Crippen LogP contribution in [0.25, 0.3) is 0 Å². The van der Waals surface area contributed by atoms with Crippen molar-refractivity contribution < 1.29 is 19.1 Å². The molecule has 0 bridgehead atoms. The monoisotopic (exact) mass is 240 g/mol. The zero-order valence-electron chi connectivity index (χ0n) is 10.5. The summed E-state index contributed by atoms with van der Waals surface area (Å²) in [5, 5.41) is 0. The summed E-state index contributed by atoms with van der Waals surface area (Å²) < 4.78 is 10.0. The number of hydrogen-bond acceptors (Lipinski definition) is 4. The van der Waals surface area contributed by atoms with Gasteiger partial charge in [0, 0.05) is 0 Å². The van der Waals surface area contributed by atoms with E-state index < -0.39 is 5.41 Å². The van der Waals surface area contributed by atoms with E-state index >= 15 is 0 Å². The molecular formula is C13H20O4. The van der Waals surface area contributed by atoms with E-state index in [9.17, 15) is 9.59 Å². The second-order valence-corrected chi connectivity index (χ2v) is 5.04. The molecule has 2 aliphatic rings. The first kappa shape index (κ1) is 12.4. The van der Waals surface area contributed by atoms with Gasteiger partial charge in [-0.2, -0.15) is 0 Å². The third-order valence-corrected chi connectivity index (χ3v) is 4.42. The Labute approximate surface area is 102 Å². The molecule has 96 valence electrons. The van der Waals surface area contributed by atoms with Crippen molar-refractivity contribution >= 4 is 11.9 Å². The molecule has 0 N–H and O–H groups in total. The van der Waals surface area contributed by atoms with Gasteiger partial charge in [0.25, 0.3) is 0 Å². The van der Waals surface area contributed by atoms with Gasteiger partial charge in [0.2, 0.25) is 0 Å². The van der Waals surface area contributed by atoms with Crippen molar-refractivity contribution in [3.63, 3.8) is 0 Å². The van der Waals surface area contributed by atoms with Crippen molar-refractivity contribution in [2.24, 2.45) is 17.3 Å². The lowest BCUT2D eigenvalue weighted by molar-refractivity contribution is -0.156. The fraction of sp³-hybridized carbons (Fsp3) is 0.846. The molecule has 2 fully saturated rings. The van der Waals surface area contributed by atoms with Gasteiger partial charge in [-0.1, -0.05) is 6.42 Å². The lowest BCUT2D eigenvalue weighted by Crippen LogP contribution is -2.35. The number of fused-ring (bicyclic) bond motifs is 1. The highest BCUT2D eigenvalue weighted by Crippen LogP contribution is 2.57. The molecule has 3 atom stereocenters. The van der Waals surface area contributed by atoms with E-state index in [1.54, 1.807) is 0 Å². The quantitative estimate of drug-likeness (QED) is 0.707. The van der Waals surface area contributed by atoms with Crippen LogP contribution in [0.4, 0.5) is 0 Å². The average Bonchev–Trinajstić information content (AvgIpc) is 2.86. The standard InChI is InChI=1S/C13H20O4/c1-3-17-11(14)9-6-8-13(12(15)16-2)7-4-5-10(9)13/h9-10H,3-8H2,1-2H3/t9-,10+,13+/m1/s1. The molecule has 0 amide bonds. The third kappa shape index (κ3) is 1.83. The Kier molecular flexibility index (Phi) is 3.40. The summed E-state index contributed by atoms with van der Waals surface area (Å²) in [6.07, 6.45) is 4.35.